The molecule has 3 aromatic rings. The van der Waals surface area contributed by atoms with Gasteiger partial charge in [0.05, 0.1) is 18.4 Å². The molecule has 5 heterocycles. The van der Waals surface area contributed by atoms with E-state index in [0.717, 1.165) is 43.9 Å². The van der Waals surface area contributed by atoms with E-state index in [1.165, 1.54) is 25.1 Å². The quantitative estimate of drug-likeness (QED) is 0.602. The minimum Gasteiger partial charge on any atom is -0.486 e. The van der Waals surface area contributed by atoms with Crippen LogP contribution in [0.15, 0.2) is 24.5 Å². The van der Waals surface area contributed by atoms with Crippen molar-refractivity contribution < 1.29 is 17.9 Å². The molecule has 6 rings (SSSR count). The van der Waals surface area contributed by atoms with Gasteiger partial charge in [0.1, 0.15) is 18.0 Å². The third kappa shape index (κ3) is 3.53. The van der Waals surface area contributed by atoms with Gasteiger partial charge in [0.15, 0.2) is 17.2 Å². The van der Waals surface area contributed by atoms with Gasteiger partial charge in [-0.1, -0.05) is 0 Å². The molecule has 8 nitrogen and oxygen atoms in total. The number of piperidine rings is 1. The molecule has 1 aliphatic carbocycles. The van der Waals surface area contributed by atoms with E-state index < -0.39 is 11.9 Å². The van der Waals surface area contributed by atoms with Crippen LogP contribution in [0.1, 0.15) is 31.4 Å². The highest BCUT2D eigenvalue weighted by Gasteiger charge is 2.45. The zero-order chi connectivity index (χ0) is 23.5. The van der Waals surface area contributed by atoms with Crippen molar-refractivity contribution in [2.24, 2.45) is 5.41 Å². The Morgan fingerprint density at radius 2 is 2.00 bits per heavy atom. The lowest BCUT2D eigenvalue weighted by Crippen LogP contribution is -2.50. The molecular formula is C23H26F3N7O. The smallest absolute Gasteiger partial charge is 0.433 e. The molecule has 0 amide bonds. The predicted octanol–water partition coefficient (Wildman–Crippen LogP) is 3.58. The standard InChI is InChI=1S/C23H26F3N7O/c1-32-8-9-34-19-18(32)20(30-15-11-22(12-15)3-6-27-7-4-22)31-33-16(13-29-21(19)33)14-2-5-28-17(10-14)23(24,25)26/h2,5,10,13,15,27H,3-4,6-9,11-12H2,1H3,(H,30,31). The number of hydrogen-bond donors (Lipinski definition) is 2. The van der Waals surface area contributed by atoms with Crippen LogP contribution in [0.4, 0.5) is 24.7 Å². The first-order valence-corrected chi connectivity index (χ1v) is 11.6. The predicted molar refractivity (Wildman–Crippen MR) is 121 cm³/mol. The topological polar surface area (TPSA) is 79.6 Å². The Labute approximate surface area is 194 Å². The fourth-order valence-electron chi connectivity index (χ4n) is 5.53. The summed E-state index contributed by atoms with van der Waals surface area (Å²) in [5.74, 6) is 1.27. The number of nitrogens with one attached hydrogen (secondary N) is 2. The molecule has 2 aliphatic heterocycles. The van der Waals surface area contributed by atoms with Crippen LogP contribution < -0.4 is 20.3 Å². The number of imidazole rings is 1. The molecule has 3 aliphatic rings. The molecule has 2 N–H and O–H groups in total. The van der Waals surface area contributed by atoms with Crippen LogP contribution in [-0.4, -0.2) is 58.9 Å². The van der Waals surface area contributed by atoms with E-state index in [4.69, 9.17) is 9.84 Å². The summed E-state index contributed by atoms with van der Waals surface area (Å²) in [5, 5.41) is 11.9. The van der Waals surface area contributed by atoms with E-state index in [1.807, 2.05) is 7.05 Å². The van der Waals surface area contributed by atoms with Crippen LogP contribution >= 0.6 is 0 Å². The molecule has 0 aromatic carbocycles. The van der Waals surface area contributed by atoms with Crippen LogP contribution in [0.3, 0.4) is 0 Å². The zero-order valence-electron chi connectivity index (χ0n) is 18.8. The summed E-state index contributed by atoms with van der Waals surface area (Å²) >= 11 is 0. The number of pyridine rings is 1. The molecule has 2 fully saturated rings. The number of rotatable bonds is 3. The summed E-state index contributed by atoms with van der Waals surface area (Å²) in [6.45, 7) is 3.34. The van der Waals surface area contributed by atoms with Gasteiger partial charge in [0, 0.05) is 24.8 Å². The van der Waals surface area contributed by atoms with Crippen molar-refractivity contribution in [3.05, 3.63) is 30.2 Å². The van der Waals surface area contributed by atoms with Crippen LogP contribution in [-0.2, 0) is 6.18 Å². The number of nitrogens with zero attached hydrogens (tertiary/aromatic N) is 5. The Bertz CT molecular complexity index is 1230. The highest BCUT2D eigenvalue weighted by Crippen LogP contribution is 2.50. The van der Waals surface area contributed by atoms with E-state index in [0.29, 0.717) is 53.1 Å². The molecule has 1 spiro atoms. The Morgan fingerprint density at radius 1 is 1.21 bits per heavy atom. The largest absolute Gasteiger partial charge is 0.486 e. The van der Waals surface area contributed by atoms with Crippen molar-refractivity contribution in [2.75, 3.05) is 43.5 Å². The van der Waals surface area contributed by atoms with Gasteiger partial charge in [-0.15, -0.1) is 5.10 Å². The van der Waals surface area contributed by atoms with E-state index >= 15 is 0 Å². The lowest BCUT2D eigenvalue weighted by atomic mass is 9.60. The third-order valence-corrected chi connectivity index (χ3v) is 7.35. The first-order valence-electron chi connectivity index (χ1n) is 11.6. The number of halogens is 3. The van der Waals surface area contributed by atoms with Gasteiger partial charge in [-0.05, 0) is 56.3 Å². The van der Waals surface area contributed by atoms with Gasteiger partial charge in [-0.2, -0.15) is 13.2 Å². The van der Waals surface area contributed by atoms with E-state index in [-0.39, 0.29) is 0 Å². The number of aromatic nitrogens is 4. The molecule has 0 bridgehead atoms. The lowest BCUT2D eigenvalue weighted by Gasteiger charge is -2.50. The zero-order valence-corrected chi connectivity index (χ0v) is 18.8. The molecule has 0 radical (unpaired) electrons. The average molecular weight is 474 g/mol. The average Bonchev–Trinajstić information content (AvgIpc) is 3.22. The van der Waals surface area contributed by atoms with E-state index in [9.17, 15) is 13.2 Å². The molecule has 1 saturated heterocycles. The molecular weight excluding hydrogens is 447 g/mol. The Morgan fingerprint density at radius 3 is 2.76 bits per heavy atom. The first kappa shape index (κ1) is 21.5. The summed E-state index contributed by atoms with van der Waals surface area (Å²) in [4.78, 5) is 10.0. The first-order chi connectivity index (χ1) is 16.3. The maximum absolute atomic E-state index is 13.3. The molecule has 11 heteroatoms. The third-order valence-electron chi connectivity index (χ3n) is 7.35. The van der Waals surface area contributed by atoms with Crippen molar-refractivity contribution >= 4 is 17.2 Å². The number of likely N-dealkylation sites (N-methyl/N-ethyl adjacent to an activating group) is 1. The van der Waals surface area contributed by atoms with Crippen molar-refractivity contribution in [1.82, 2.24) is 24.9 Å². The second-order valence-electron chi connectivity index (χ2n) is 9.60. The highest BCUT2D eigenvalue weighted by molar-refractivity contribution is 5.83. The number of hydrogen-bond acceptors (Lipinski definition) is 7. The van der Waals surface area contributed by atoms with Gasteiger partial charge in [0.2, 0.25) is 0 Å². The minimum atomic E-state index is -4.53. The maximum atomic E-state index is 13.3. The molecule has 180 valence electrons. The van der Waals surface area contributed by atoms with Crippen molar-refractivity contribution in [3.8, 4) is 17.0 Å². The Kier molecular flexibility index (Phi) is 4.87. The Hall–Kier alpha value is -3.08. The van der Waals surface area contributed by atoms with E-state index in [1.54, 1.807) is 4.52 Å². The van der Waals surface area contributed by atoms with Crippen molar-refractivity contribution in [1.29, 1.82) is 0 Å². The molecule has 0 unspecified atom stereocenters. The number of fused-ring (bicyclic) bond motifs is 3. The normalized spacial score (nSPS) is 20.2. The fourth-order valence-corrected chi connectivity index (χ4v) is 5.53. The molecule has 0 atom stereocenters. The number of ether oxygens (including phenoxy) is 1. The maximum Gasteiger partial charge on any atom is 0.433 e. The van der Waals surface area contributed by atoms with Gasteiger partial charge < -0.3 is 20.3 Å². The van der Waals surface area contributed by atoms with Gasteiger partial charge in [-0.3, -0.25) is 4.98 Å². The minimum absolute atomic E-state index is 0.298. The number of alkyl halides is 3. The molecule has 34 heavy (non-hydrogen) atoms. The lowest BCUT2D eigenvalue weighted by molar-refractivity contribution is -0.141. The summed E-state index contributed by atoms with van der Waals surface area (Å²) in [7, 11) is 1.99. The second kappa shape index (κ2) is 7.72. The summed E-state index contributed by atoms with van der Waals surface area (Å²) < 4.78 is 47.4. The highest BCUT2D eigenvalue weighted by atomic mass is 19.4. The van der Waals surface area contributed by atoms with E-state index in [2.05, 4.69) is 25.5 Å². The summed E-state index contributed by atoms with van der Waals surface area (Å²) in [6, 6.07) is 2.86. The fraction of sp³-hybridized carbons (Fsp3) is 0.522. The van der Waals surface area contributed by atoms with Crippen LogP contribution in [0, 0.1) is 5.41 Å². The monoisotopic (exact) mass is 473 g/mol. The van der Waals surface area contributed by atoms with Crippen LogP contribution in [0.25, 0.3) is 16.9 Å². The van der Waals surface area contributed by atoms with Crippen LogP contribution in [0.5, 0.6) is 5.75 Å². The van der Waals surface area contributed by atoms with Gasteiger partial charge >= 0.3 is 6.18 Å². The van der Waals surface area contributed by atoms with Crippen molar-refractivity contribution in [2.45, 2.75) is 37.9 Å². The van der Waals surface area contributed by atoms with Gasteiger partial charge in [-0.25, -0.2) is 9.50 Å². The molecule has 1 saturated carbocycles. The molecule has 3 aromatic heterocycles. The van der Waals surface area contributed by atoms with Gasteiger partial charge in [0.25, 0.3) is 0 Å². The summed E-state index contributed by atoms with van der Waals surface area (Å²) in [5.41, 5.74) is 1.57. The summed E-state index contributed by atoms with van der Waals surface area (Å²) in [6.07, 6.45) is 2.71. The second-order valence-corrected chi connectivity index (χ2v) is 9.60. The Balaban J connectivity index is 1.40. The van der Waals surface area contributed by atoms with Crippen molar-refractivity contribution in [3.63, 3.8) is 0 Å². The van der Waals surface area contributed by atoms with Crippen LogP contribution in [0.2, 0.25) is 0 Å². The SMILES string of the molecule is CN1CCOc2c1c(NC1CC3(CCNCC3)C1)nn1c(-c3ccnc(C(F)(F)F)c3)cnc21. The number of anilines is 2.